The van der Waals surface area contributed by atoms with Crippen LogP contribution in [0.4, 0.5) is 4.79 Å². The minimum atomic E-state index is -0.192. The maximum absolute atomic E-state index is 11.8. The Labute approximate surface area is 121 Å². The van der Waals surface area contributed by atoms with E-state index in [0.29, 0.717) is 12.6 Å². The molecule has 108 valence electrons. The summed E-state index contributed by atoms with van der Waals surface area (Å²) >= 11 is 0. The van der Waals surface area contributed by atoms with Crippen molar-refractivity contribution >= 4 is 12.2 Å². The van der Waals surface area contributed by atoms with Crippen molar-refractivity contribution in [3.05, 3.63) is 41.5 Å². The summed E-state index contributed by atoms with van der Waals surface area (Å²) in [5.41, 5.74) is 2.63. The average molecular weight is 273 g/mol. The maximum Gasteiger partial charge on any atom is 0.409 e. The third kappa shape index (κ3) is 3.86. The molecule has 1 aromatic rings. The molecule has 0 saturated heterocycles. The van der Waals surface area contributed by atoms with Crippen molar-refractivity contribution in [2.75, 3.05) is 13.7 Å². The van der Waals surface area contributed by atoms with Crippen LogP contribution < -0.4 is 0 Å². The number of amides is 1. The number of nitrogens with zero attached hydrogens (tertiary/aromatic N) is 1. The van der Waals surface area contributed by atoms with Crippen LogP contribution in [0.25, 0.3) is 6.08 Å². The lowest BCUT2D eigenvalue weighted by Gasteiger charge is -2.36. The normalized spacial score (nSPS) is 17.3. The number of hydrogen-bond donors (Lipinski definition) is 0. The van der Waals surface area contributed by atoms with Crippen LogP contribution in [0.2, 0.25) is 0 Å². The SMILES string of the molecule is CCCCOC(=O)N(C)C1CC(=Cc2ccccc2)C1. The average Bonchev–Trinajstić information content (AvgIpc) is 2.43. The number of carbonyl (C=O) groups excluding carboxylic acids is 1. The van der Waals surface area contributed by atoms with E-state index in [1.54, 1.807) is 4.90 Å². The first-order valence-corrected chi connectivity index (χ1v) is 7.34. The molecule has 0 aliphatic heterocycles. The molecule has 1 saturated carbocycles. The Morgan fingerprint density at radius 1 is 1.35 bits per heavy atom. The molecule has 3 heteroatoms. The van der Waals surface area contributed by atoms with Crippen molar-refractivity contribution in [1.29, 1.82) is 0 Å². The van der Waals surface area contributed by atoms with Gasteiger partial charge >= 0.3 is 6.09 Å². The van der Waals surface area contributed by atoms with E-state index in [-0.39, 0.29) is 6.09 Å². The van der Waals surface area contributed by atoms with Gasteiger partial charge < -0.3 is 9.64 Å². The summed E-state index contributed by atoms with van der Waals surface area (Å²) in [6.07, 6.45) is 5.91. The summed E-state index contributed by atoms with van der Waals surface area (Å²) in [6, 6.07) is 10.6. The molecule has 1 aliphatic rings. The highest BCUT2D eigenvalue weighted by Gasteiger charge is 2.30. The topological polar surface area (TPSA) is 29.5 Å². The minimum Gasteiger partial charge on any atom is -0.449 e. The molecule has 2 rings (SSSR count). The zero-order valence-electron chi connectivity index (χ0n) is 12.3. The first kappa shape index (κ1) is 14.6. The second-order valence-corrected chi connectivity index (χ2v) is 5.35. The van der Waals surface area contributed by atoms with E-state index in [4.69, 9.17) is 4.74 Å². The van der Waals surface area contributed by atoms with Gasteiger partial charge in [-0.3, -0.25) is 0 Å². The Morgan fingerprint density at radius 3 is 2.70 bits per heavy atom. The van der Waals surface area contributed by atoms with Crippen LogP contribution in [0.5, 0.6) is 0 Å². The Morgan fingerprint density at radius 2 is 2.05 bits per heavy atom. The Bertz CT molecular complexity index is 459. The minimum absolute atomic E-state index is 0.192. The van der Waals surface area contributed by atoms with E-state index in [2.05, 4.69) is 25.1 Å². The highest BCUT2D eigenvalue weighted by Crippen LogP contribution is 2.32. The van der Waals surface area contributed by atoms with E-state index >= 15 is 0 Å². The van der Waals surface area contributed by atoms with Gasteiger partial charge in [0.25, 0.3) is 0 Å². The van der Waals surface area contributed by atoms with Crippen molar-refractivity contribution in [3.63, 3.8) is 0 Å². The van der Waals surface area contributed by atoms with Gasteiger partial charge in [0.05, 0.1) is 6.61 Å². The molecule has 3 nitrogen and oxygen atoms in total. The smallest absolute Gasteiger partial charge is 0.409 e. The molecule has 0 N–H and O–H groups in total. The molecule has 0 atom stereocenters. The molecule has 0 radical (unpaired) electrons. The lowest BCUT2D eigenvalue weighted by molar-refractivity contribution is 0.0888. The van der Waals surface area contributed by atoms with Gasteiger partial charge in [-0.15, -0.1) is 0 Å². The zero-order chi connectivity index (χ0) is 14.4. The van der Waals surface area contributed by atoms with Crippen LogP contribution in [-0.2, 0) is 4.74 Å². The molecule has 1 amide bonds. The number of unbranched alkanes of at least 4 members (excludes halogenated alkanes) is 1. The third-order valence-electron chi connectivity index (χ3n) is 3.73. The summed E-state index contributed by atoms with van der Waals surface area (Å²) in [5, 5.41) is 0. The molecule has 0 aromatic heterocycles. The van der Waals surface area contributed by atoms with Crippen molar-refractivity contribution < 1.29 is 9.53 Å². The van der Waals surface area contributed by atoms with Gasteiger partial charge in [0, 0.05) is 13.1 Å². The monoisotopic (exact) mass is 273 g/mol. The van der Waals surface area contributed by atoms with Gasteiger partial charge in [0.1, 0.15) is 0 Å². The van der Waals surface area contributed by atoms with Crippen molar-refractivity contribution in [2.45, 2.75) is 38.6 Å². The largest absolute Gasteiger partial charge is 0.449 e. The number of ether oxygens (including phenoxy) is 1. The molecule has 1 aliphatic carbocycles. The Kier molecular flexibility index (Phi) is 5.22. The highest BCUT2D eigenvalue weighted by atomic mass is 16.6. The summed E-state index contributed by atoms with van der Waals surface area (Å²) < 4.78 is 5.22. The molecule has 0 bridgehead atoms. The van der Waals surface area contributed by atoms with E-state index in [1.807, 2.05) is 25.2 Å². The summed E-state index contributed by atoms with van der Waals surface area (Å²) in [4.78, 5) is 13.5. The van der Waals surface area contributed by atoms with Gasteiger partial charge in [-0.1, -0.05) is 55.3 Å². The van der Waals surface area contributed by atoms with Gasteiger partial charge in [0.2, 0.25) is 0 Å². The van der Waals surface area contributed by atoms with E-state index < -0.39 is 0 Å². The van der Waals surface area contributed by atoms with Crippen LogP contribution in [0.15, 0.2) is 35.9 Å². The predicted molar refractivity (Wildman–Crippen MR) is 81.5 cm³/mol. The molecular weight excluding hydrogens is 250 g/mol. The lowest BCUT2D eigenvalue weighted by Crippen LogP contribution is -2.42. The molecule has 20 heavy (non-hydrogen) atoms. The lowest BCUT2D eigenvalue weighted by atomic mass is 9.84. The molecule has 0 unspecified atom stereocenters. The van der Waals surface area contributed by atoms with Crippen molar-refractivity contribution in [3.8, 4) is 0 Å². The molecule has 1 aromatic carbocycles. The van der Waals surface area contributed by atoms with E-state index in [9.17, 15) is 4.79 Å². The molecular formula is C17H23NO2. The van der Waals surface area contributed by atoms with Gasteiger partial charge in [0.15, 0.2) is 0 Å². The van der Waals surface area contributed by atoms with Crippen LogP contribution in [0.1, 0.15) is 38.2 Å². The summed E-state index contributed by atoms with van der Waals surface area (Å²) in [6.45, 7) is 2.61. The number of carbonyl (C=O) groups is 1. The highest BCUT2D eigenvalue weighted by molar-refractivity contribution is 5.68. The summed E-state index contributed by atoms with van der Waals surface area (Å²) in [7, 11) is 1.83. The zero-order valence-corrected chi connectivity index (χ0v) is 12.3. The fourth-order valence-corrected chi connectivity index (χ4v) is 2.28. The second kappa shape index (κ2) is 7.13. The Balaban J connectivity index is 1.78. The first-order chi connectivity index (χ1) is 9.70. The van der Waals surface area contributed by atoms with E-state index in [1.165, 1.54) is 11.1 Å². The molecule has 0 spiro atoms. The molecule has 1 fully saturated rings. The first-order valence-electron chi connectivity index (χ1n) is 7.34. The maximum atomic E-state index is 11.8. The standard InChI is InChI=1S/C17H23NO2/c1-3-4-10-20-17(19)18(2)16-12-15(13-16)11-14-8-6-5-7-9-14/h5-9,11,16H,3-4,10,12-13H2,1-2H3. The predicted octanol–water partition coefficient (Wildman–Crippen LogP) is 4.10. The molecule has 0 heterocycles. The van der Waals surface area contributed by atoms with Crippen molar-refractivity contribution in [2.24, 2.45) is 0 Å². The van der Waals surface area contributed by atoms with E-state index in [0.717, 1.165) is 25.7 Å². The summed E-state index contributed by atoms with van der Waals surface area (Å²) in [5.74, 6) is 0. The van der Waals surface area contributed by atoms with Crippen LogP contribution >= 0.6 is 0 Å². The van der Waals surface area contributed by atoms with Gasteiger partial charge in [-0.05, 0) is 24.8 Å². The fourth-order valence-electron chi connectivity index (χ4n) is 2.28. The van der Waals surface area contributed by atoms with Crippen LogP contribution in [0.3, 0.4) is 0 Å². The van der Waals surface area contributed by atoms with Crippen LogP contribution in [-0.4, -0.2) is 30.7 Å². The second-order valence-electron chi connectivity index (χ2n) is 5.35. The number of rotatable bonds is 5. The van der Waals surface area contributed by atoms with Crippen LogP contribution in [0, 0.1) is 0 Å². The Hall–Kier alpha value is -1.77. The number of hydrogen-bond acceptors (Lipinski definition) is 2. The number of benzene rings is 1. The van der Waals surface area contributed by atoms with Gasteiger partial charge in [-0.2, -0.15) is 0 Å². The quantitative estimate of drug-likeness (QED) is 0.756. The van der Waals surface area contributed by atoms with Crippen molar-refractivity contribution in [1.82, 2.24) is 4.90 Å². The third-order valence-corrected chi connectivity index (χ3v) is 3.73. The van der Waals surface area contributed by atoms with Gasteiger partial charge in [-0.25, -0.2) is 4.79 Å². The fraction of sp³-hybridized carbons (Fsp3) is 0.471.